The van der Waals surface area contributed by atoms with E-state index in [2.05, 4.69) is 79.6 Å². The number of hydrogen-bond acceptors (Lipinski definition) is 2. The van der Waals surface area contributed by atoms with E-state index in [1.807, 2.05) is 18.0 Å². The molecule has 146 valence electrons. The molecule has 0 aliphatic carbocycles. The second-order valence-corrected chi connectivity index (χ2v) is 22.3. The van der Waals surface area contributed by atoms with Crippen LogP contribution in [0, 0.1) is 0 Å². The number of hydrogen-bond donors (Lipinski definition) is 0. The summed E-state index contributed by atoms with van der Waals surface area (Å²) in [5.74, 6) is 7.97. The predicted molar refractivity (Wildman–Crippen MR) is 130 cm³/mol. The summed E-state index contributed by atoms with van der Waals surface area (Å²) in [5.41, 5.74) is 5.42. The van der Waals surface area contributed by atoms with Crippen LogP contribution in [0.15, 0.2) is 64.5 Å². The van der Waals surface area contributed by atoms with Gasteiger partial charge < -0.3 is 0 Å². The first-order chi connectivity index (χ1) is 13.8. The standard InChI is InChI=1S/C26H27GeNS/c1-16(2)23-20-9-7-6-8-18(20)14-21-25-24-19(10-11-28-25)12-17(15-27(3,4)5)13-22(24)29-26(21)23/h6-14,16H,15H2,1-5H3. The Kier molecular flexibility index (Phi) is 4.56. The fourth-order valence-corrected chi connectivity index (χ4v) is 9.13. The summed E-state index contributed by atoms with van der Waals surface area (Å²) >= 11 is 0.280. The molecule has 1 aliphatic rings. The van der Waals surface area contributed by atoms with Crippen molar-refractivity contribution >= 4 is 46.6 Å². The topological polar surface area (TPSA) is 12.9 Å². The van der Waals surface area contributed by atoms with Crippen molar-refractivity contribution < 1.29 is 0 Å². The Bertz CT molecular complexity index is 1270. The minimum absolute atomic E-state index is 0.468. The number of fused-ring (bicyclic) bond motifs is 3. The summed E-state index contributed by atoms with van der Waals surface area (Å²) in [4.78, 5) is 7.68. The molecule has 0 spiro atoms. The van der Waals surface area contributed by atoms with Gasteiger partial charge in [0.25, 0.3) is 0 Å². The average Bonchev–Trinajstić information content (AvgIpc) is 2.65. The number of pyridine rings is 1. The van der Waals surface area contributed by atoms with Crippen molar-refractivity contribution in [1.82, 2.24) is 4.98 Å². The van der Waals surface area contributed by atoms with E-state index in [0.717, 1.165) is 5.69 Å². The second kappa shape index (κ2) is 6.89. The Morgan fingerprint density at radius 3 is 2.52 bits per heavy atom. The summed E-state index contributed by atoms with van der Waals surface area (Å²) in [5, 5.41) is 6.63. The molecular weight excluding hydrogens is 431 g/mol. The molecule has 0 saturated carbocycles. The molecule has 3 heteroatoms. The number of nitrogens with zero attached hydrogens (tertiary/aromatic N) is 1. The first-order valence-electron chi connectivity index (χ1n) is 10.5. The molecule has 1 aromatic heterocycles. The molecule has 0 radical (unpaired) electrons. The molecule has 0 bridgehead atoms. The molecule has 4 aromatic rings. The van der Waals surface area contributed by atoms with E-state index in [-0.39, 0.29) is 0 Å². The zero-order valence-corrected chi connectivity index (χ0v) is 20.8. The van der Waals surface area contributed by atoms with Gasteiger partial charge in [-0.15, -0.1) is 0 Å². The van der Waals surface area contributed by atoms with Gasteiger partial charge in [0, 0.05) is 0 Å². The van der Waals surface area contributed by atoms with Gasteiger partial charge in [-0.25, -0.2) is 0 Å². The van der Waals surface area contributed by atoms with E-state index in [1.165, 1.54) is 53.3 Å². The van der Waals surface area contributed by atoms with Crippen LogP contribution in [0.3, 0.4) is 0 Å². The van der Waals surface area contributed by atoms with Gasteiger partial charge in [-0.3, -0.25) is 0 Å². The van der Waals surface area contributed by atoms with Crippen molar-refractivity contribution in [2.45, 2.75) is 52.1 Å². The average molecular weight is 458 g/mol. The molecule has 0 saturated heterocycles. The van der Waals surface area contributed by atoms with E-state index in [9.17, 15) is 0 Å². The molecule has 0 amide bonds. The third-order valence-corrected chi connectivity index (χ3v) is 9.97. The van der Waals surface area contributed by atoms with Gasteiger partial charge in [0.2, 0.25) is 0 Å². The van der Waals surface area contributed by atoms with Crippen molar-refractivity contribution in [1.29, 1.82) is 0 Å². The Hall–Kier alpha value is -1.78. The maximum atomic E-state index is 4.89. The summed E-state index contributed by atoms with van der Waals surface area (Å²) in [6.07, 6.45) is 1.99. The van der Waals surface area contributed by atoms with Gasteiger partial charge in [0.05, 0.1) is 0 Å². The van der Waals surface area contributed by atoms with E-state index >= 15 is 0 Å². The molecule has 0 unspecified atom stereocenters. The molecular formula is C26H27GeNS. The Morgan fingerprint density at radius 2 is 1.76 bits per heavy atom. The third kappa shape index (κ3) is 3.31. The van der Waals surface area contributed by atoms with E-state index in [1.54, 1.807) is 0 Å². The van der Waals surface area contributed by atoms with Crippen molar-refractivity contribution in [2.24, 2.45) is 0 Å². The van der Waals surface area contributed by atoms with Crippen LogP contribution in [-0.4, -0.2) is 18.3 Å². The van der Waals surface area contributed by atoms with Crippen LogP contribution in [0.5, 0.6) is 0 Å². The van der Waals surface area contributed by atoms with Crippen LogP contribution in [0.2, 0.25) is 17.3 Å². The van der Waals surface area contributed by atoms with Gasteiger partial charge in [-0.05, 0) is 0 Å². The predicted octanol–water partition coefficient (Wildman–Crippen LogP) is 8.06. The summed E-state index contributed by atoms with van der Waals surface area (Å²) in [7, 11) is 0. The Labute approximate surface area is 180 Å². The van der Waals surface area contributed by atoms with Crippen molar-refractivity contribution in [2.75, 3.05) is 0 Å². The summed E-state index contributed by atoms with van der Waals surface area (Å²) in [6, 6.07) is 18.2. The van der Waals surface area contributed by atoms with E-state index in [0.29, 0.717) is 5.92 Å². The van der Waals surface area contributed by atoms with Crippen LogP contribution in [0.4, 0.5) is 0 Å². The second-order valence-electron chi connectivity index (χ2n) is 9.73. The molecule has 5 rings (SSSR count). The van der Waals surface area contributed by atoms with Crippen LogP contribution in [-0.2, 0) is 5.25 Å². The molecule has 0 N–H and O–H groups in total. The van der Waals surface area contributed by atoms with Gasteiger partial charge in [-0.2, -0.15) is 0 Å². The molecule has 0 atom stereocenters. The normalized spacial score (nSPS) is 13.3. The fourth-order valence-electron chi connectivity index (χ4n) is 4.66. The molecule has 0 fully saturated rings. The van der Waals surface area contributed by atoms with Crippen LogP contribution in [0.25, 0.3) is 32.8 Å². The first-order valence-corrected chi connectivity index (χ1v) is 19.1. The van der Waals surface area contributed by atoms with E-state index in [4.69, 9.17) is 4.98 Å². The number of benzene rings is 3. The minimum atomic E-state index is -1.69. The number of rotatable bonds is 3. The van der Waals surface area contributed by atoms with Crippen molar-refractivity contribution in [3.63, 3.8) is 0 Å². The monoisotopic (exact) mass is 459 g/mol. The van der Waals surface area contributed by atoms with Crippen molar-refractivity contribution in [3.05, 3.63) is 65.9 Å². The Balaban J connectivity index is 1.83. The summed E-state index contributed by atoms with van der Waals surface area (Å²) in [6.45, 7) is 4.63. The van der Waals surface area contributed by atoms with Gasteiger partial charge in [-0.1, -0.05) is 0 Å². The van der Waals surface area contributed by atoms with Crippen LogP contribution >= 0.6 is 11.8 Å². The maximum absolute atomic E-state index is 4.89. The van der Waals surface area contributed by atoms with Crippen LogP contribution < -0.4 is 0 Å². The Morgan fingerprint density at radius 1 is 0.966 bits per heavy atom. The quantitative estimate of drug-likeness (QED) is 0.254. The fraction of sp³-hybridized carbons (Fsp3) is 0.269. The number of aromatic nitrogens is 1. The van der Waals surface area contributed by atoms with Gasteiger partial charge >= 0.3 is 181 Å². The SMILES string of the molecule is CC(C)c1c2c(cc3ccccc13)-c1nccc3cc([CH2][Ge]([CH3])([CH3])[CH3])cc(c13)S2. The van der Waals surface area contributed by atoms with Gasteiger partial charge in [0.1, 0.15) is 0 Å². The molecule has 29 heavy (non-hydrogen) atoms. The molecule has 1 aliphatic heterocycles. The van der Waals surface area contributed by atoms with E-state index < -0.39 is 13.3 Å². The third-order valence-electron chi connectivity index (χ3n) is 5.71. The van der Waals surface area contributed by atoms with Crippen molar-refractivity contribution in [3.8, 4) is 11.3 Å². The zero-order chi connectivity index (χ0) is 20.3. The molecule has 2 heterocycles. The van der Waals surface area contributed by atoms with Crippen LogP contribution in [0.1, 0.15) is 30.9 Å². The first kappa shape index (κ1) is 19.2. The van der Waals surface area contributed by atoms with Gasteiger partial charge in [0.15, 0.2) is 0 Å². The summed E-state index contributed by atoms with van der Waals surface area (Å²) < 4.78 is 0. The molecule has 1 nitrogen and oxygen atoms in total. The molecule has 3 aromatic carbocycles. The zero-order valence-electron chi connectivity index (χ0n) is 17.8.